The summed E-state index contributed by atoms with van der Waals surface area (Å²) in [4.78, 5) is 12.2. The van der Waals surface area contributed by atoms with Crippen LogP contribution in [0.3, 0.4) is 0 Å². The Morgan fingerprint density at radius 1 is 0.933 bits per heavy atom. The fourth-order valence-electron chi connectivity index (χ4n) is 3.87. The van der Waals surface area contributed by atoms with E-state index in [4.69, 9.17) is 14.7 Å². The maximum Gasteiger partial charge on any atom is 0.336 e. The van der Waals surface area contributed by atoms with Gasteiger partial charge in [0.2, 0.25) is 0 Å². The van der Waals surface area contributed by atoms with Crippen LogP contribution in [0.4, 0.5) is 0 Å². The molecule has 0 saturated heterocycles. The highest BCUT2D eigenvalue weighted by Gasteiger charge is 2.24. The van der Waals surface area contributed by atoms with Gasteiger partial charge in [-0.05, 0) is 30.2 Å². The van der Waals surface area contributed by atoms with Crippen molar-refractivity contribution >= 4 is 27.7 Å². The summed E-state index contributed by atoms with van der Waals surface area (Å²) in [7, 11) is 0. The van der Waals surface area contributed by atoms with Crippen LogP contribution in [0.25, 0.3) is 33.1 Å². The second-order valence-corrected chi connectivity index (χ2v) is 7.08. The number of hydrazone groups is 1. The standard InChI is InChI=1S/C25H18N2O3.H2/c1-15-14-20(28)30-24-18(15)12-13-19-22(24)21(16-8-4-2-5-9-16)25(29-19)23(27-26)17-10-6-3-7-11-17;/h2-14H,26H2,1H3;1H/b27-23+;. The first kappa shape index (κ1) is 17.9. The largest absolute Gasteiger partial charge is 0.454 e. The first-order valence-corrected chi connectivity index (χ1v) is 9.56. The Kier molecular flexibility index (Phi) is 4.21. The summed E-state index contributed by atoms with van der Waals surface area (Å²) in [5, 5.41) is 5.64. The molecule has 3 aromatic carbocycles. The van der Waals surface area contributed by atoms with E-state index in [0.717, 1.165) is 33.0 Å². The van der Waals surface area contributed by atoms with E-state index in [1.165, 1.54) is 6.07 Å². The third-order valence-electron chi connectivity index (χ3n) is 5.22. The van der Waals surface area contributed by atoms with Crippen LogP contribution in [0.1, 0.15) is 18.3 Å². The van der Waals surface area contributed by atoms with Crippen molar-refractivity contribution in [2.24, 2.45) is 10.9 Å². The molecule has 5 heteroatoms. The number of nitrogens with two attached hydrogens (primary N) is 1. The minimum Gasteiger partial charge on any atom is -0.454 e. The molecule has 5 rings (SSSR count). The number of fused-ring (bicyclic) bond motifs is 3. The number of rotatable bonds is 3. The summed E-state index contributed by atoms with van der Waals surface area (Å²) >= 11 is 0. The second-order valence-electron chi connectivity index (χ2n) is 7.08. The third-order valence-corrected chi connectivity index (χ3v) is 5.22. The molecule has 0 atom stereocenters. The van der Waals surface area contributed by atoms with Gasteiger partial charge in [0.15, 0.2) is 5.76 Å². The Hall–Kier alpha value is -4.12. The van der Waals surface area contributed by atoms with Crippen LogP contribution in [0.5, 0.6) is 0 Å². The van der Waals surface area contributed by atoms with Gasteiger partial charge in [-0.15, -0.1) is 0 Å². The van der Waals surface area contributed by atoms with E-state index in [9.17, 15) is 4.79 Å². The van der Waals surface area contributed by atoms with Crippen LogP contribution in [0, 0.1) is 6.92 Å². The Morgan fingerprint density at radius 3 is 2.33 bits per heavy atom. The molecule has 2 aromatic heterocycles. The zero-order valence-electron chi connectivity index (χ0n) is 16.3. The number of hydrogen-bond acceptors (Lipinski definition) is 5. The van der Waals surface area contributed by atoms with E-state index in [0.29, 0.717) is 22.6 Å². The number of hydrogen-bond donors (Lipinski definition) is 1. The maximum atomic E-state index is 12.2. The van der Waals surface area contributed by atoms with E-state index in [-0.39, 0.29) is 1.43 Å². The predicted molar refractivity (Wildman–Crippen MR) is 121 cm³/mol. The van der Waals surface area contributed by atoms with Gasteiger partial charge in [-0.2, -0.15) is 5.10 Å². The van der Waals surface area contributed by atoms with E-state index in [1.54, 1.807) is 0 Å². The van der Waals surface area contributed by atoms with Gasteiger partial charge in [-0.25, -0.2) is 4.79 Å². The Balaban J connectivity index is 0.00000231. The van der Waals surface area contributed by atoms with Gasteiger partial charge >= 0.3 is 5.63 Å². The molecular formula is C25H20N2O3. The average molecular weight is 396 g/mol. The van der Waals surface area contributed by atoms with Gasteiger partial charge in [0, 0.05) is 24.0 Å². The van der Waals surface area contributed by atoms with Crippen molar-refractivity contribution in [2.45, 2.75) is 6.92 Å². The lowest BCUT2D eigenvalue weighted by molar-refractivity contribution is 0.562. The average Bonchev–Trinajstić information content (AvgIpc) is 3.15. The molecule has 0 spiro atoms. The van der Waals surface area contributed by atoms with Crippen LogP contribution in [0.2, 0.25) is 0 Å². The normalized spacial score (nSPS) is 12.0. The van der Waals surface area contributed by atoms with Crippen molar-refractivity contribution in [3.8, 4) is 11.1 Å². The first-order valence-electron chi connectivity index (χ1n) is 9.56. The topological polar surface area (TPSA) is 81.7 Å². The Labute approximate surface area is 173 Å². The maximum absolute atomic E-state index is 12.2. The van der Waals surface area contributed by atoms with Crippen LogP contribution in [-0.4, -0.2) is 5.71 Å². The summed E-state index contributed by atoms with van der Waals surface area (Å²) in [6.07, 6.45) is 0. The molecule has 0 amide bonds. The van der Waals surface area contributed by atoms with Crippen LogP contribution in [0.15, 0.2) is 97.6 Å². The Morgan fingerprint density at radius 2 is 1.63 bits per heavy atom. The van der Waals surface area contributed by atoms with Crippen LogP contribution in [-0.2, 0) is 0 Å². The molecular weight excluding hydrogens is 376 g/mol. The van der Waals surface area contributed by atoms with Crippen molar-refractivity contribution in [2.75, 3.05) is 0 Å². The number of benzene rings is 3. The minimum absolute atomic E-state index is 0. The minimum atomic E-state index is -0.398. The molecule has 30 heavy (non-hydrogen) atoms. The lowest BCUT2D eigenvalue weighted by Crippen LogP contribution is -2.06. The molecule has 0 radical (unpaired) electrons. The van der Waals surface area contributed by atoms with Crippen molar-refractivity contribution in [3.63, 3.8) is 0 Å². The van der Waals surface area contributed by atoms with Gasteiger partial charge in [-0.1, -0.05) is 60.7 Å². The molecule has 5 aromatic rings. The highest BCUT2D eigenvalue weighted by atomic mass is 16.4. The fourth-order valence-corrected chi connectivity index (χ4v) is 3.87. The van der Waals surface area contributed by atoms with Crippen molar-refractivity contribution < 1.29 is 10.3 Å². The molecule has 0 aliphatic rings. The molecule has 0 aliphatic carbocycles. The van der Waals surface area contributed by atoms with E-state index < -0.39 is 5.63 Å². The highest BCUT2D eigenvalue weighted by Crippen LogP contribution is 2.40. The van der Waals surface area contributed by atoms with Gasteiger partial charge in [0.25, 0.3) is 0 Å². The summed E-state index contributed by atoms with van der Waals surface area (Å²) in [6.45, 7) is 1.89. The SMILES string of the molecule is Cc1cc(=O)oc2c1ccc1oc(/C(=N/N)c3ccccc3)c(-c3ccccc3)c12.[HH]. The van der Waals surface area contributed by atoms with Gasteiger partial charge < -0.3 is 14.7 Å². The molecule has 2 heterocycles. The van der Waals surface area contributed by atoms with Gasteiger partial charge in [0.1, 0.15) is 16.9 Å². The number of nitrogens with zero attached hydrogens (tertiary/aromatic N) is 1. The van der Waals surface area contributed by atoms with Crippen molar-refractivity contribution in [3.05, 3.63) is 106 Å². The smallest absolute Gasteiger partial charge is 0.336 e. The lowest BCUT2D eigenvalue weighted by Gasteiger charge is -2.07. The Bertz CT molecular complexity index is 1470. The molecule has 148 valence electrons. The quantitative estimate of drug-likeness (QED) is 0.190. The van der Waals surface area contributed by atoms with E-state index in [2.05, 4.69) is 5.10 Å². The van der Waals surface area contributed by atoms with Crippen molar-refractivity contribution in [1.82, 2.24) is 0 Å². The molecule has 5 nitrogen and oxygen atoms in total. The zero-order chi connectivity index (χ0) is 20.7. The molecule has 2 N–H and O–H groups in total. The zero-order valence-corrected chi connectivity index (χ0v) is 16.3. The number of aryl methyl sites for hydroxylation is 1. The highest BCUT2D eigenvalue weighted by molar-refractivity contribution is 6.21. The lowest BCUT2D eigenvalue weighted by atomic mass is 9.96. The fraction of sp³-hybridized carbons (Fsp3) is 0.0400. The third kappa shape index (κ3) is 2.79. The van der Waals surface area contributed by atoms with Crippen LogP contribution >= 0.6 is 0 Å². The summed E-state index contributed by atoms with van der Waals surface area (Å²) in [5.41, 5.74) is 4.61. The predicted octanol–water partition coefficient (Wildman–Crippen LogP) is 5.47. The molecule has 0 fully saturated rings. The van der Waals surface area contributed by atoms with Crippen LogP contribution < -0.4 is 11.5 Å². The summed E-state index contributed by atoms with van der Waals surface area (Å²) in [6, 6.07) is 24.7. The monoisotopic (exact) mass is 396 g/mol. The molecule has 0 unspecified atom stereocenters. The van der Waals surface area contributed by atoms with Crippen molar-refractivity contribution in [1.29, 1.82) is 0 Å². The first-order chi connectivity index (χ1) is 14.7. The molecule has 0 aliphatic heterocycles. The van der Waals surface area contributed by atoms with Gasteiger partial charge in [-0.3, -0.25) is 0 Å². The van der Waals surface area contributed by atoms with Gasteiger partial charge in [0.05, 0.1) is 5.39 Å². The summed E-state index contributed by atoms with van der Waals surface area (Å²) < 4.78 is 11.9. The molecule has 0 bridgehead atoms. The number of furan rings is 1. The summed E-state index contributed by atoms with van der Waals surface area (Å²) in [5.74, 6) is 6.35. The van der Waals surface area contributed by atoms with E-state index in [1.807, 2.05) is 79.7 Å². The molecule has 0 saturated carbocycles. The second kappa shape index (κ2) is 7.04. The van der Waals surface area contributed by atoms with E-state index >= 15 is 0 Å².